The van der Waals surface area contributed by atoms with Crippen LogP contribution in [0.4, 0.5) is 5.82 Å². The van der Waals surface area contributed by atoms with Crippen molar-refractivity contribution in [1.29, 1.82) is 0 Å². The van der Waals surface area contributed by atoms with Crippen LogP contribution < -0.4 is 5.32 Å². The van der Waals surface area contributed by atoms with Gasteiger partial charge < -0.3 is 10.2 Å². The Morgan fingerprint density at radius 1 is 1.26 bits per heavy atom. The summed E-state index contributed by atoms with van der Waals surface area (Å²) in [5.41, 5.74) is 1.27. The van der Waals surface area contributed by atoms with Gasteiger partial charge in [-0.15, -0.1) is 0 Å². The summed E-state index contributed by atoms with van der Waals surface area (Å²) in [5.74, 6) is -0.0408. The number of nitrogens with zero attached hydrogens (tertiary/aromatic N) is 3. The third kappa shape index (κ3) is 3.23. The Bertz CT molecular complexity index is 698. The number of carbonyl (C=O) groups excluding carboxylic acids is 2. The van der Waals surface area contributed by atoms with E-state index in [0.29, 0.717) is 18.7 Å². The van der Waals surface area contributed by atoms with Crippen LogP contribution in [-0.2, 0) is 9.59 Å². The molecule has 1 fully saturated rings. The van der Waals surface area contributed by atoms with E-state index < -0.39 is 6.04 Å². The minimum absolute atomic E-state index is 0.00440. The summed E-state index contributed by atoms with van der Waals surface area (Å²) in [7, 11) is 0. The van der Waals surface area contributed by atoms with Crippen LogP contribution in [-0.4, -0.2) is 33.6 Å². The number of anilines is 1. The van der Waals surface area contributed by atoms with Crippen molar-refractivity contribution in [3.05, 3.63) is 41.6 Å². The van der Waals surface area contributed by atoms with E-state index in [1.54, 1.807) is 11.8 Å². The number of benzene rings is 1. The topological polar surface area (TPSA) is 88.3 Å². The maximum atomic E-state index is 12.8. The number of nitrogens with one attached hydrogen (secondary N) is 1. The minimum atomic E-state index is -0.680. The number of rotatable bonds is 4. The second-order valence-electron chi connectivity index (χ2n) is 5.54. The predicted octanol–water partition coefficient (Wildman–Crippen LogP) is 2.07. The maximum absolute atomic E-state index is 12.8. The molecular formula is C16H18N4O3. The second kappa shape index (κ2) is 6.60. The lowest BCUT2D eigenvalue weighted by molar-refractivity contribution is -0.141. The predicted molar refractivity (Wildman–Crippen MR) is 82.4 cm³/mol. The molecule has 1 aromatic carbocycles. The molecule has 0 aliphatic carbocycles. The first-order chi connectivity index (χ1) is 11.2. The molecule has 2 amide bonds. The zero-order valence-corrected chi connectivity index (χ0v) is 12.9. The number of aromatic nitrogens is 2. The number of likely N-dealkylation sites (tertiary alicyclic amines) is 1. The maximum Gasteiger partial charge on any atom is 0.253 e. The molecule has 23 heavy (non-hydrogen) atoms. The molecule has 1 atom stereocenters. The van der Waals surface area contributed by atoms with Gasteiger partial charge in [0.05, 0.1) is 0 Å². The number of hydrogen-bond donors (Lipinski definition) is 1. The zero-order valence-electron chi connectivity index (χ0n) is 12.9. The molecule has 1 saturated heterocycles. The second-order valence-corrected chi connectivity index (χ2v) is 5.54. The number of carbonyl (C=O) groups is 2. The molecule has 120 valence electrons. The van der Waals surface area contributed by atoms with Gasteiger partial charge in [-0.3, -0.25) is 9.59 Å². The van der Waals surface area contributed by atoms with Gasteiger partial charge in [0, 0.05) is 13.0 Å². The summed E-state index contributed by atoms with van der Waals surface area (Å²) < 4.78 is 4.60. The standard InChI is InChI=1S/C16H18N4O3/c1-11-15(19-23-18-11)17-16(22)14(12-7-3-2-4-8-12)20-10-6-5-9-13(20)21/h2-4,7-8,14H,5-6,9-10H2,1H3,(H,17,19,22)/t14-/m0/s1. The van der Waals surface area contributed by atoms with Crippen molar-refractivity contribution >= 4 is 17.6 Å². The molecule has 3 rings (SSSR count). The van der Waals surface area contributed by atoms with Crippen LogP contribution in [0.25, 0.3) is 0 Å². The van der Waals surface area contributed by atoms with Gasteiger partial charge in [0.25, 0.3) is 5.91 Å². The SMILES string of the molecule is Cc1nonc1NC(=O)[C@H](c1ccccc1)N1CCCCC1=O. The smallest absolute Gasteiger partial charge is 0.253 e. The Hall–Kier alpha value is -2.70. The fourth-order valence-corrected chi connectivity index (χ4v) is 2.74. The molecule has 7 heteroatoms. The van der Waals surface area contributed by atoms with E-state index in [-0.39, 0.29) is 17.6 Å². The number of aryl methyl sites for hydroxylation is 1. The van der Waals surface area contributed by atoms with Crippen LogP contribution in [0.2, 0.25) is 0 Å². The molecule has 0 unspecified atom stereocenters. The normalized spacial score (nSPS) is 16.2. The van der Waals surface area contributed by atoms with Crippen LogP contribution in [0.3, 0.4) is 0 Å². The fourth-order valence-electron chi connectivity index (χ4n) is 2.74. The monoisotopic (exact) mass is 314 g/mol. The van der Waals surface area contributed by atoms with Crippen molar-refractivity contribution in [2.75, 3.05) is 11.9 Å². The van der Waals surface area contributed by atoms with Crippen LogP contribution in [0.5, 0.6) is 0 Å². The Labute approximate surface area is 133 Å². The molecule has 1 N–H and O–H groups in total. The van der Waals surface area contributed by atoms with Crippen LogP contribution in [0, 0.1) is 6.92 Å². The fraction of sp³-hybridized carbons (Fsp3) is 0.375. The summed E-state index contributed by atoms with van der Waals surface area (Å²) >= 11 is 0. The van der Waals surface area contributed by atoms with Crippen molar-refractivity contribution in [2.45, 2.75) is 32.2 Å². The van der Waals surface area contributed by atoms with E-state index in [1.165, 1.54) is 0 Å². The van der Waals surface area contributed by atoms with Gasteiger partial charge in [-0.05, 0) is 30.5 Å². The van der Waals surface area contributed by atoms with Crippen molar-refractivity contribution in [3.8, 4) is 0 Å². The lowest BCUT2D eigenvalue weighted by atomic mass is 10.0. The summed E-state index contributed by atoms with van der Waals surface area (Å²) in [6.07, 6.45) is 2.23. The lowest BCUT2D eigenvalue weighted by Gasteiger charge is -2.33. The Kier molecular flexibility index (Phi) is 4.36. The van der Waals surface area contributed by atoms with Crippen molar-refractivity contribution in [1.82, 2.24) is 15.2 Å². The number of amides is 2. The average Bonchev–Trinajstić information content (AvgIpc) is 2.96. The van der Waals surface area contributed by atoms with Gasteiger partial charge in [0.1, 0.15) is 11.7 Å². The molecule has 0 bridgehead atoms. The van der Waals surface area contributed by atoms with E-state index in [9.17, 15) is 9.59 Å². The van der Waals surface area contributed by atoms with Gasteiger partial charge in [-0.1, -0.05) is 35.5 Å². The highest BCUT2D eigenvalue weighted by molar-refractivity contribution is 5.97. The number of piperidine rings is 1. The van der Waals surface area contributed by atoms with Gasteiger partial charge in [-0.25, -0.2) is 4.63 Å². The van der Waals surface area contributed by atoms with Gasteiger partial charge in [0.15, 0.2) is 5.82 Å². The molecule has 0 saturated carbocycles. The van der Waals surface area contributed by atoms with Crippen molar-refractivity contribution < 1.29 is 14.2 Å². The molecule has 2 heterocycles. The Morgan fingerprint density at radius 2 is 2.04 bits per heavy atom. The van der Waals surface area contributed by atoms with E-state index in [4.69, 9.17) is 0 Å². The largest absolute Gasteiger partial charge is 0.327 e. The van der Waals surface area contributed by atoms with E-state index in [2.05, 4.69) is 20.3 Å². The Morgan fingerprint density at radius 3 is 2.70 bits per heavy atom. The quantitative estimate of drug-likeness (QED) is 0.933. The van der Waals surface area contributed by atoms with Crippen molar-refractivity contribution in [2.24, 2.45) is 0 Å². The zero-order chi connectivity index (χ0) is 16.2. The minimum Gasteiger partial charge on any atom is -0.327 e. The molecule has 2 aromatic rings. The highest BCUT2D eigenvalue weighted by Gasteiger charge is 2.33. The van der Waals surface area contributed by atoms with Crippen LogP contribution in [0.1, 0.15) is 36.6 Å². The van der Waals surface area contributed by atoms with Gasteiger partial charge in [0.2, 0.25) is 5.91 Å². The van der Waals surface area contributed by atoms with E-state index >= 15 is 0 Å². The molecule has 0 spiro atoms. The highest BCUT2D eigenvalue weighted by Crippen LogP contribution is 2.27. The average molecular weight is 314 g/mol. The first-order valence-electron chi connectivity index (χ1n) is 7.61. The summed E-state index contributed by atoms with van der Waals surface area (Å²) in [4.78, 5) is 26.7. The van der Waals surface area contributed by atoms with E-state index in [1.807, 2.05) is 30.3 Å². The van der Waals surface area contributed by atoms with Crippen LogP contribution >= 0.6 is 0 Å². The summed E-state index contributed by atoms with van der Waals surface area (Å²) in [6, 6.07) is 8.60. The first-order valence-corrected chi connectivity index (χ1v) is 7.61. The van der Waals surface area contributed by atoms with Crippen molar-refractivity contribution in [3.63, 3.8) is 0 Å². The van der Waals surface area contributed by atoms with Gasteiger partial charge in [-0.2, -0.15) is 0 Å². The third-order valence-corrected chi connectivity index (χ3v) is 3.93. The molecule has 7 nitrogen and oxygen atoms in total. The molecular weight excluding hydrogens is 296 g/mol. The number of hydrogen-bond acceptors (Lipinski definition) is 5. The van der Waals surface area contributed by atoms with Gasteiger partial charge >= 0.3 is 0 Å². The Balaban J connectivity index is 1.90. The molecule has 1 aliphatic rings. The van der Waals surface area contributed by atoms with E-state index in [0.717, 1.165) is 18.4 Å². The lowest BCUT2D eigenvalue weighted by Crippen LogP contribution is -2.43. The molecule has 1 aromatic heterocycles. The third-order valence-electron chi connectivity index (χ3n) is 3.93. The first kappa shape index (κ1) is 15.2. The molecule has 0 radical (unpaired) electrons. The summed E-state index contributed by atoms with van der Waals surface area (Å²) in [6.45, 7) is 2.26. The van der Waals surface area contributed by atoms with Crippen LogP contribution in [0.15, 0.2) is 35.0 Å². The molecule has 1 aliphatic heterocycles. The summed E-state index contributed by atoms with van der Waals surface area (Å²) in [5, 5.41) is 10.0. The highest BCUT2D eigenvalue weighted by atomic mass is 16.6.